The van der Waals surface area contributed by atoms with Gasteiger partial charge in [-0.05, 0) is 41.5 Å². The van der Waals surface area contributed by atoms with E-state index in [1.54, 1.807) is 41.5 Å². The van der Waals surface area contributed by atoms with Crippen LogP contribution >= 0.6 is 7.82 Å². The van der Waals surface area contributed by atoms with Gasteiger partial charge in [-0.1, -0.05) is 19.0 Å². The third-order valence-corrected chi connectivity index (χ3v) is 4.42. The van der Waals surface area contributed by atoms with Crippen molar-refractivity contribution in [1.82, 2.24) is 5.32 Å². The predicted molar refractivity (Wildman–Crippen MR) is 103 cm³/mol. The van der Waals surface area contributed by atoms with Gasteiger partial charge in [-0.15, -0.1) is 0 Å². The highest BCUT2D eigenvalue weighted by Crippen LogP contribution is 2.48. The Morgan fingerprint density at radius 2 is 1.78 bits per heavy atom. The molecule has 1 amide bonds. The first-order valence-electron chi connectivity index (χ1n) is 8.89. The van der Waals surface area contributed by atoms with Crippen molar-refractivity contribution in [2.24, 2.45) is 10.6 Å². The van der Waals surface area contributed by atoms with Gasteiger partial charge in [-0.25, -0.2) is 4.57 Å². The van der Waals surface area contributed by atoms with Crippen LogP contribution in [0.5, 0.6) is 0 Å². The van der Waals surface area contributed by atoms with Gasteiger partial charge in [0.15, 0.2) is 0 Å². The molecule has 0 aromatic carbocycles. The first-order valence-corrected chi connectivity index (χ1v) is 10.4. The van der Waals surface area contributed by atoms with Crippen molar-refractivity contribution in [2.45, 2.75) is 79.6 Å². The molecule has 160 valence electrons. The number of phosphoric acid groups is 1. The maximum absolute atomic E-state index is 12.1. The zero-order valence-corrected chi connectivity index (χ0v) is 18.5. The molecule has 0 aromatic rings. The number of nitrogens with zero attached hydrogens (tertiary/aromatic N) is 1. The molecule has 0 radical (unpaired) electrons. The average molecular weight is 410 g/mol. The van der Waals surface area contributed by atoms with E-state index < -0.39 is 30.8 Å². The topological polar surface area (TPSA) is 127 Å². The lowest BCUT2D eigenvalue weighted by atomic mass is 9.87. The standard InChI is InChI=1S/C17H35N2O7P/c1-12(2)25-19-13(3)9-10-18-15(21)14(20)17(7,8)11-24-27(22,23)26-16(4,5)6/h12,14,20H,9-11H2,1-8H3,(H,18,21)(H,22,23)/b19-13+. The van der Waals surface area contributed by atoms with E-state index in [9.17, 15) is 19.4 Å². The lowest BCUT2D eigenvalue weighted by Crippen LogP contribution is -2.46. The van der Waals surface area contributed by atoms with E-state index in [4.69, 9.17) is 13.9 Å². The second-order valence-corrected chi connectivity index (χ2v) is 9.74. The number of rotatable bonds is 11. The normalized spacial score (nSPS) is 16.8. The predicted octanol–water partition coefficient (Wildman–Crippen LogP) is 2.61. The number of hydrogen-bond donors (Lipinski definition) is 3. The van der Waals surface area contributed by atoms with Gasteiger partial charge in [0.1, 0.15) is 12.2 Å². The van der Waals surface area contributed by atoms with Crippen molar-refractivity contribution >= 4 is 19.4 Å². The Morgan fingerprint density at radius 1 is 1.22 bits per heavy atom. The van der Waals surface area contributed by atoms with Crippen molar-refractivity contribution in [3.8, 4) is 0 Å². The first-order chi connectivity index (χ1) is 12.1. The van der Waals surface area contributed by atoms with E-state index >= 15 is 0 Å². The number of oxime groups is 1. The first kappa shape index (κ1) is 26.0. The van der Waals surface area contributed by atoms with Crippen molar-refractivity contribution < 1.29 is 33.2 Å². The summed E-state index contributed by atoms with van der Waals surface area (Å²) in [6, 6.07) is 0. The lowest BCUT2D eigenvalue weighted by Gasteiger charge is -2.31. The summed E-state index contributed by atoms with van der Waals surface area (Å²) in [5.41, 5.74) is -1.27. The van der Waals surface area contributed by atoms with Crippen LogP contribution in [0.2, 0.25) is 0 Å². The summed E-state index contributed by atoms with van der Waals surface area (Å²) in [6.45, 7) is 13.4. The van der Waals surface area contributed by atoms with E-state index in [1.165, 1.54) is 0 Å². The maximum atomic E-state index is 12.1. The fourth-order valence-corrected chi connectivity index (χ4v) is 3.00. The van der Waals surface area contributed by atoms with Crippen LogP contribution in [0.15, 0.2) is 5.16 Å². The second kappa shape index (κ2) is 10.5. The van der Waals surface area contributed by atoms with Crippen LogP contribution in [0.25, 0.3) is 0 Å². The third-order valence-electron chi connectivity index (χ3n) is 3.18. The van der Waals surface area contributed by atoms with E-state index in [0.29, 0.717) is 12.1 Å². The molecule has 2 atom stereocenters. The van der Waals surface area contributed by atoms with Crippen molar-refractivity contribution in [3.63, 3.8) is 0 Å². The number of amides is 1. The number of aliphatic hydroxyl groups excluding tert-OH is 1. The third kappa shape index (κ3) is 12.2. The number of phosphoric ester groups is 1. The fraction of sp³-hybridized carbons (Fsp3) is 0.882. The van der Waals surface area contributed by atoms with Crippen LogP contribution in [0.1, 0.15) is 61.8 Å². The molecule has 0 heterocycles. The number of nitrogens with one attached hydrogen (secondary N) is 1. The highest BCUT2D eigenvalue weighted by molar-refractivity contribution is 7.47. The van der Waals surface area contributed by atoms with Crippen LogP contribution in [0.3, 0.4) is 0 Å². The molecule has 0 saturated heterocycles. The highest BCUT2D eigenvalue weighted by Gasteiger charge is 2.37. The van der Waals surface area contributed by atoms with E-state index in [-0.39, 0.29) is 19.3 Å². The van der Waals surface area contributed by atoms with E-state index in [1.807, 2.05) is 13.8 Å². The summed E-state index contributed by atoms with van der Waals surface area (Å²) in [5.74, 6) is -0.606. The van der Waals surface area contributed by atoms with Crippen LogP contribution in [0, 0.1) is 5.41 Å². The van der Waals surface area contributed by atoms with Gasteiger partial charge >= 0.3 is 7.82 Å². The summed E-state index contributed by atoms with van der Waals surface area (Å²) in [7, 11) is -4.30. The lowest BCUT2D eigenvalue weighted by molar-refractivity contribution is -0.137. The van der Waals surface area contributed by atoms with Gasteiger partial charge in [0, 0.05) is 18.4 Å². The monoisotopic (exact) mass is 410 g/mol. The quantitative estimate of drug-likeness (QED) is 0.271. The molecule has 0 saturated carbocycles. The van der Waals surface area contributed by atoms with Gasteiger partial charge < -0.3 is 20.2 Å². The summed E-state index contributed by atoms with van der Waals surface area (Å²) in [4.78, 5) is 27.0. The molecule has 0 aliphatic rings. The Bertz CT molecular complexity index is 556. The van der Waals surface area contributed by atoms with Crippen LogP contribution in [0.4, 0.5) is 0 Å². The average Bonchev–Trinajstić information content (AvgIpc) is 2.48. The van der Waals surface area contributed by atoms with Gasteiger partial charge in [-0.2, -0.15) is 0 Å². The van der Waals surface area contributed by atoms with Crippen LogP contribution in [-0.2, 0) is 23.2 Å². The minimum Gasteiger partial charge on any atom is -0.393 e. The molecule has 3 N–H and O–H groups in total. The minimum absolute atomic E-state index is 0.0260. The van der Waals surface area contributed by atoms with E-state index in [0.717, 1.165) is 0 Å². The van der Waals surface area contributed by atoms with E-state index in [2.05, 4.69) is 10.5 Å². The molecule has 9 nitrogen and oxygen atoms in total. The van der Waals surface area contributed by atoms with Gasteiger partial charge in [0.2, 0.25) is 5.91 Å². The molecule has 0 aliphatic carbocycles. The Kier molecular flexibility index (Phi) is 10.1. The zero-order valence-electron chi connectivity index (χ0n) is 17.6. The van der Waals surface area contributed by atoms with Crippen molar-refractivity contribution in [1.29, 1.82) is 0 Å². The Labute approximate surface area is 162 Å². The molecular formula is C17H35N2O7P. The number of carbonyl (C=O) groups is 1. The molecule has 0 rings (SSSR count). The van der Waals surface area contributed by atoms with Crippen LogP contribution < -0.4 is 5.32 Å². The van der Waals surface area contributed by atoms with Gasteiger partial charge in [0.25, 0.3) is 0 Å². The SMILES string of the molecule is C/C(CCNC(=O)C(O)C(C)(C)COP(=O)(O)OC(C)(C)C)=N\OC(C)C. The highest BCUT2D eigenvalue weighted by atomic mass is 31.2. The molecule has 0 bridgehead atoms. The van der Waals surface area contributed by atoms with Gasteiger partial charge in [-0.3, -0.25) is 13.8 Å². The van der Waals surface area contributed by atoms with Gasteiger partial charge in [0.05, 0.1) is 17.9 Å². The Hall–Kier alpha value is -0.990. The summed E-state index contributed by atoms with van der Waals surface area (Å²) >= 11 is 0. The fourth-order valence-electron chi connectivity index (χ4n) is 1.76. The molecule has 2 unspecified atom stereocenters. The summed E-state index contributed by atoms with van der Waals surface area (Å²) in [5, 5.41) is 16.8. The zero-order chi connectivity index (χ0) is 21.5. The smallest absolute Gasteiger partial charge is 0.393 e. The molecule has 0 spiro atoms. The Morgan fingerprint density at radius 3 is 2.26 bits per heavy atom. The molecule has 0 aromatic heterocycles. The minimum atomic E-state index is -4.30. The molecule has 10 heteroatoms. The maximum Gasteiger partial charge on any atom is 0.472 e. The largest absolute Gasteiger partial charge is 0.472 e. The summed E-state index contributed by atoms with van der Waals surface area (Å²) in [6.07, 6.45) is -0.994. The van der Waals surface area contributed by atoms with Crippen molar-refractivity contribution in [2.75, 3.05) is 13.2 Å². The molecule has 0 aliphatic heterocycles. The second-order valence-electron chi connectivity index (χ2n) is 8.36. The summed E-state index contributed by atoms with van der Waals surface area (Å²) < 4.78 is 21.9. The number of aliphatic hydroxyl groups is 1. The molecular weight excluding hydrogens is 375 g/mol. The van der Waals surface area contributed by atoms with Crippen molar-refractivity contribution in [3.05, 3.63) is 0 Å². The van der Waals surface area contributed by atoms with Crippen LogP contribution in [-0.4, -0.2) is 52.6 Å². The Balaban J connectivity index is 4.55. The number of carbonyl (C=O) groups excluding carboxylic acids is 1. The molecule has 27 heavy (non-hydrogen) atoms. The number of hydrogen-bond acceptors (Lipinski definition) is 7. The molecule has 0 fully saturated rings.